The lowest BCUT2D eigenvalue weighted by molar-refractivity contribution is -0.388. The minimum Gasteiger partial charge on any atom is -0.423 e. The molecule has 2 rings (SSSR count). The Hall–Kier alpha value is -2.38. The molecule has 14 heavy (non-hydrogen) atoms. The molecule has 72 valence electrons. The zero-order valence-electron chi connectivity index (χ0n) is 6.80. The highest BCUT2D eigenvalue weighted by atomic mass is 16.6. The summed E-state index contributed by atoms with van der Waals surface area (Å²) in [5.74, 6) is -0.0379. The van der Waals surface area contributed by atoms with Crippen LogP contribution in [0.5, 0.6) is 0 Å². The highest BCUT2D eigenvalue weighted by Crippen LogP contribution is 2.27. The molecular weight excluding hydrogens is 190 g/mol. The fraction of sp³-hybridized carbons (Fsp3) is 0. The Bertz CT molecular complexity index is 473. The lowest BCUT2D eigenvalue weighted by Gasteiger charge is -1.91. The highest BCUT2D eigenvalue weighted by Gasteiger charge is 2.19. The molecule has 0 aliphatic heterocycles. The predicted molar refractivity (Wildman–Crippen MR) is 45.2 cm³/mol. The maximum absolute atomic E-state index is 10.5. The topological polar surface area (TPSA) is 124 Å². The molecule has 0 aliphatic rings. The van der Waals surface area contributed by atoms with Crippen LogP contribution in [0.15, 0.2) is 16.8 Å². The number of aromatic amines is 1. The van der Waals surface area contributed by atoms with E-state index in [4.69, 9.17) is 10.2 Å². The monoisotopic (exact) mass is 195 g/mol. The van der Waals surface area contributed by atoms with E-state index >= 15 is 0 Å². The molecule has 0 aliphatic carbocycles. The molecule has 0 amide bonds. The second-order valence-corrected chi connectivity index (χ2v) is 2.45. The van der Waals surface area contributed by atoms with Gasteiger partial charge in [0.05, 0.1) is 12.4 Å². The Morgan fingerprint density at radius 3 is 2.93 bits per heavy atom. The smallest absolute Gasteiger partial charge is 0.353 e. The summed E-state index contributed by atoms with van der Waals surface area (Å²) in [5.41, 5.74) is 5.45. The van der Waals surface area contributed by atoms with Crippen LogP contribution in [0.1, 0.15) is 0 Å². The van der Waals surface area contributed by atoms with E-state index in [-0.39, 0.29) is 23.2 Å². The van der Waals surface area contributed by atoms with Gasteiger partial charge in [0.2, 0.25) is 0 Å². The number of H-pyrrole nitrogens is 1. The molecule has 0 spiro atoms. The summed E-state index contributed by atoms with van der Waals surface area (Å²) in [7, 11) is 0. The van der Waals surface area contributed by atoms with Crippen LogP contribution >= 0.6 is 0 Å². The molecule has 0 bridgehead atoms. The standard InChI is InChI=1S/C6H5N5O3/c7-6-8-2-4(14-6)3-1-9-10-5(3)11(12)13/h1-2H,(H2,7,8)(H,9,10). The number of nitrogens with zero attached hydrogens (tertiary/aromatic N) is 3. The summed E-state index contributed by atoms with van der Waals surface area (Å²) in [6.45, 7) is 0. The molecule has 0 saturated carbocycles. The molecule has 2 aromatic heterocycles. The van der Waals surface area contributed by atoms with Crippen molar-refractivity contribution in [3.63, 3.8) is 0 Å². The van der Waals surface area contributed by atoms with Gasteiger partial charge in [-0.1, -0.05) is 5.10 Å². The molecule has 0 fully saturated rings. The lowest BCUT2D eigenvalue weighted by atomic mass is 10.3. The van der Waals surface area contributed by atoms with Gasteiger partial charge in [0, 0.05) is 0 Å². The fourth-order valence-corrected chi connectivity index (χ4v) is 1.01. The van der Waals surface area contributed by atoms with Gasteiger partial charge in [-0.3, -0.25) is 0 Å². The Morgan fingerprint density at radius 1 is 1.57 bits per heavy atom. The number of aromatic nitrogens is 3. The number of hydrogen-bond acceptors (Lipinski definition) is 6. The van der Waals surface area contributed by atoms with Crippen LogP contribution in [0.25, 0.3) is 11.3 Å². The summed E-state index contributed by atoms with van der Waals surface area (Å²) in [6, 6.07) is -0.0458. The minimum absolute atomic E-state index is 0.0458. The largest absolute Gasteiger partial charge is 0.423 e. The molecule has 8 nitrogen and oxygen atoms in total. The van der Waals surface area contributed by atoms with Crippen molar-refractivity contribution in [1.29, 1.82) is 0 Å². The Labute approximate surface area is 76.9 Å². The van der Waals surface area contributed by atoms with E-state index < -0.39 is 4.92 Å². The molecule has 3 N–H and O–H groups in total. The zero-order valence-corrected chi connectivity index (χ0v) is 6.80. The molecule has 8 heteroatoms. The number of anilines is 1. The third kappa shape index (κ3) is 1.18. The number of nitrogens with one attached hydrogen (secondary N) is 1. The van der Waals surface area contributed by atoms with Crippen LogP contribution in [0.3, 0.4) is 0 Å². The molecule has 2 aromatic rings. The maximum Gasteiger partial charge on any atom is 0.353 e. The van der Waals surface area contributed by atoms with Crippen molar-refractivity contribution in [2.45, 2.75) is 0 Å². The summed E-state index contributed by atoms with van der Waals surface area (Å²) in [4.78, 5) is 13.5. The van der Waals surface area contributed by atoms with E-state index in [0.29, 0.717) is 0 Å². The van der Waals surface area contributed by atoms with Crippen molar-refractivity contribution >= 4 is 11.8 Å². The number of oxazole rings is 1. The van der Waals surface area contributed by atoms with Gasteiger partial charge in [-0.2, -0.15) is 0 Å². The van der Waals surface area contributed by atoms with E-state index in [2.05, 4.69) is 15.2 Å². The number of nitrogens with two attached hydrogens (primary N) is 1. The number of nitrogen functional groups attached to an aromatic ring is 1. The van der Waals surface area contributed by atoms with E-state index in [1.807, 2.05) is 0 Å². The summed E-state index contributed by atoms with van der Waals surface area (Å²) in [5, 5.41) is 16.3. The summed E-state index contributed by atoms with van der Waals surface area (Å²) < 4.78 is 4.92. The van der Waals surface area contributed by atoms with Crippen molar-refractivity contribution in [3.05, 3.63) is 22.5 Å². The molecular formula is C6H5N5O3. The van der Waals surface area contributed by atoms with Crippen molar-refractivity contribution < 1.29 is 9.34 Å². The van der Waals surface area contributed by atoms with Gasteiger partial charge in [-0.05, 0) is 4.92 Å². The molecule has 0 atom stereocenters. The normalized spacial score (nSPS) is 10.3. The lowest BCUT2D eigenvalue weighted by Crippen LogP contribution is -1.89. The summed E-state index contributed by atoms with van der Waals surface area (Å²) >= 11 is 0. The van der Waals surface area contributed by atoms with Gasteiger partial charge >= 0.3 is 5.82 Å². The van der Waals surface area contributed by atoms with E-state index in [1.54, 1.807) is 0 Å². The Kier molecular flexibility index (Phi) is 1.67. The van der Waals surface area contributed by atoms with Crippen molar-refractivity contribution in [2.24, 2.45) is 0 Å². The second kappa shape index (κ2) is 2.83. The number of nitro groups is 1. The third-order valence-electron chi connectivity index (χ3n) is 1.59. The first-order valence-corrected chi connectivity index (χ1v) is 3.58. The van der Waals surface area contributed by atoms with Crippen LogP contribution in [0.4, 0.5) is 11.8 Å². The van der Waals surface area contributed by atoms with Crippen LogP contribution < -0.4 is 5.73 Å². The van der Waals surface area contributed by atoms with Gasteiger partial charge in [0.25, 0.3) is 6.01 Å². The van der Waals surface area contributed by atoms with Crippen LogP contribution in [0, 0.1) is 10.1 Å². The quantitative estimate of drug-likeness (QED) is 0.532. The second-order valence-electron chi connectivity index (χ2n) is 2.45. The molecule has 0 aromatic carbocycles. The average molecular weight is 195 g/mol. The zero-order chi connectivity index (χ0) is 10.1. The molecule has 0 radical (unpaired) electrons. The van der Waals surface area contributed by atoms with E-state index in [0.717, 1.165) is 0 Å². The van der Waals surface area contributed by atoms with Gasteiger partial charge in [-0.15, -0.1) is 5.10 Å². The van der Waals surface area contributed by atoms with Crippen molar-refractivity contribution in [1.82, 2.24) is 15.2 Å². The summed E-state index contributed by atoms with van der Waals surface area (Å²) in [6.07, 6.45) is 2.57. The van der Waals surface area contributed by atoms with Crippen molar-refractivity contribution in [2.75, 3.05) is 5.73 Å². The average Bonchev–Trinajstić information content (AvgIpc) is 2.70. The fourth-order valence-electron chi connectivity index (χ4n) is 1.01. The molecule has 0 unspecified atom stereocenters. The molecule has 2 heterocycles. The SMILES string of the molecule is Nc1ncc(-c2cn[nH]c2[N+](=O)[O-])o1. The maximum atomic E-state index is 10.5. The van der Waals surface area contributed by atoms with Crippen LogP contribution in [-0.4, -0.2) is 20.1 Å². The Balaban J connectivity index is 2.51. The minimum atomic E-state index is -0.596. The van der Waals surface area contributed by atoms with Crippen LogP contribution in [-0.2, 0) is 0 Å². The van der Waals surface area contributed by atoms with E-state index in [9.17, 15) is 10.1 Å². The van der Waals surface area contributed by atoms with Crippen LogP contribution in [0.2, 0.25) is 0 Å². The Morgan fingerprint density at radius 2 is 2.36 bits per heavy atom. The van der Waals surface area contributed by atoms with Gasteiger partial charge < -0.3 is 20.3 Å². The van der Waals surface area contributed by atoms with Crippen molar-refractivity contribution in [3.8, 4) is 11.3 Å². The first-order chi connectivity index (χ1) is 6.68. The highest BCUT2D eigenvalue weighted by molar-refractivity contribution is 5.65. The predicted octanol–water partition coefficient (Wildman–Crippen LogP) is 0.555. The first-order valence-electron chi connectivity index (χ1n) is 3.58. The molecule has 0 saturated heterocycles. The number of rotatable bonds is 2. The number of hydrogen-bond donors (Lipinski definition) is 2. The van der Waals surface area contributed by atoms with Gasteiger partial charge in [0.1, 0.15) is 5.56 Å². The van der Waals surface area contributed by atoms with Gasteiger partial charge in [-0.25, -0.2) is 4.98 Å². The van der Waals surface area contributed by atoms with E-state index in [1.165, 1.54) is 12.4 Å². The first kappa shape index (κ1) is 8.23. The third-order valence-corrected chi connectivity index (χ3v) is 1.59. The van der Waals surface area contributed by atoms with Gasteiger partial charge in [0.15, 0.2) is 5.76 Å².